The van der Waals surface area contributed by atoms with Gasteiger partial charge in [-0.1, -0.05) is 6.92 Å². The van der Waals surface area contributed by atoms with Crippen molar-refractivity contribution in [1.82, 2.24) is 19.9 Å². The molecule has 3 aromatic rings. The largest absolute Gasteiger partial charge is 0.495 e. The zero-order chi connectivity index (χ0) is 18.5. The van der Waals surface area contributed by atoms with Gasteiger partial charge in [-0.05, 0) is 25.1 Å². The zero-order valence-corrected chi connectivity index (χ0v) is 15.1. The first-order chi connectivity index (χ1) is 12.6. The first-order valence-corrected chi connectivity index (χ1v) is 8.35. The van der Waals surface area contributed by atoms with E-state index in [9.17, 15) is 0 Å². The van der Waals surface area contributed by atoms with Gasteiger partial charge in [0.1, 0.15) is 23.7 Å². The Morgan fingerprint density at radius 1 is 1.12 bits per heavy atom. The summed E-state index contributed by atoms with van der Waals surface area (Å²) in [5.74, 6) is 2.12. The van der Waals surface area contributed by atoms with Gasteiger partial charge in [-0.15, -0.1) is 0 Å². The third-order valence-corrected chi connectivity index (χ3v) is 4.13. The van der Waals surface area contributed by atoms with Gasteiger partial charge in [-0.2, -0.15) is 0 Å². The van der Waals surface area contributed by atoms with Crippen LogP contribution in [0.2, 0.25) is 0 Å². The molecule has 0 radical (unpaired) electrons. The fraction of sp³-hybridized carbons (Fsp3) is 0.263. The highest BCUT2D eigenvalue weighted by molar-refractivity contribution is 5.61. The summed E-state index contributed by atoms with van der Waals surface area (Å²) in [5.41, 5.74) is 9.57. The van der Waals surface area contributed by atoms with Crippen LogP contribution in [0.15, 0.2) is 43.0 Å². The Hall–Kier alpha value is -3.22. The molecule has 3 N–H and O–H groups in total. The number of hydrogen-bond acceptors (Lipinski definition) is 7. The number of aromatic nitrogens is 4. The van der Waals surface area contributed by atoms with E-state index in [0.29, 0.717) is 12.4 Å². The second kappa shape index (κ2) is 7.77. The van der Waals surface area contributed by atoms with Crippen LogP contribution in [0.25, 0.3) is 11.3 Å². The van der Waals surface area contributed by atoms with Gasteiger partial charge >= 0.3 is 0 Å². The van der Waals surface area contributed by atoms with Gasteiger partial charge in [-0.3, -0.25) is 4.98 Å². The molecule has 0 bridgehead atoms. The molecule has 1 atom stereocenters. The Labute approximate surface area is 152 Å². The molecule has 26 heavy (non-hydrogen) atoms. The van der Waals surface area contributed by atoms with Gasteiger partial charge in [-0.25, -0.2) is 15.0 Å². The highest BCUT2D eigenvalue weighted by Crippen LogP contribution is 2.27. The van der Waals surface area contributed by atoms with Crippen LogP contribution in [-0.2, 0) is 0 Å². The van der Waals surface area contributed by atoms with E-state index in [0.717, 1.165) is 34.1 Å². The number of ether oxygens (including phenoxy) is 1. The summed E-state index contributed by atoms with van der Waals surface area (Å²) in [6.07, 6.45) is 5.01. The summed E-state index contributed by atoms with van der Waals surface area (Å²) >= 11 is 0. The highest BCUT2D eigenvalue weighted by atomic mass is 16.5. The summed E-state index contributed by atoms with van der Waals surface area (Å²) in [7, 11) is 1.63. The van der Waals surface area contributed by atoms with Crippen molar-refractivity contribution in [2.24, 2.45) is 0 Å². The first-order valence-electron chi connectivity index (χ1n) is 8.35. The molecule has 7 nitrogen and oxygen atoms in total. The van der Waals surface area contributed by atoms with Crippen LogP contribution in [0.4, 0.5) is 11.6 Å². The molecule has 0 aliphatic rings. The topological polar surface area (TPSA) is 98.8 Å². The summed E-state index contributed by atoms with van der Waals surface area (Å²) in [6, 6.07) is 7.72. The van der Waals surface area contributed by atoms with Crippen molar-refractivity contribution < 1.29 is 4.74 Å². The average Bonchev–Trinajstić information content (AvgIpc) is 2.67. The molecule has 3 aromatic heterocycles. The van der Waals surface area contributed by atoms with E-state index in [1.165, 1.54) is 0 Å². The number of anilines is 2. The van der Waals surface area contributed by atoms with E-state index in [2.05, 4.69) is 32.2 Å². The summed E-state index contributed by atoms with van der Waals surface area (Å²) in [4.78, 5) is 17.0. The molecule has 0 unspecified atom stereocenters. The van der Waals surface area contributed by atoms with Crippen LogP contribution in [0.3, 0.4) is 0 Å². The van der Waals surface area contributed by atoms with Crippen molar-refractivity contribution >= 4 is 11.6 Å². The molecule has 3 heterocycles. The number of nitrogen functional groups attached to an aromatic ring is 1. The number of nitrogens with zero attached hydrogens (tertiary/aromatic N) is 4. The minimum atomic E-state index is 0.162. The van der Waals surface area contributed by atoms with E-state index >= 15 is 0 Å². The number of hydrogen-bond donors (Lipinski definition) is 2. The van der Waals surface area contributed by atoms with Gasteiger partial charge in [0.2, 0.25) is 0 Å². The predicted molar refractivity (Wildman–Crippen MR) is 102 cm³/mol. The maximum atomic E-state index is 5.81. The molecule has 0 amide bonds. The number of rotatable bonds is 6. The Morgan fingerprint density at radius 2 is 1.96 bits per heavy atom. The summed E-state index contributed by atoms with van der Waals surface area (Å²) < 4.78 is 5.38. The van der Waals surface area contributed by atoms with Crippen molar-refractivity contribution in [3.05, 3.63) is 54.2 Å². The quantitative estimate of drug-likeness (QED) is 0.705. The number of methoxy groups -OCH3 is 1. The number of nitrogens with one attached hydrogen (secondary N) is 1. The highest BCUT2D eigenvalue weighted by Gasteiger charge is 2.13. The number of nitrogens with two attached hydrogens (primary N) is 1. The zero-order valence-electron chi connectivity index (χ0n) is 15.1. The SMILES string of the molecule is COc1cnc(N)cc1[C@H](C)CNc1cc(-c2ccc(C)nc2)ncn1. The Balaban J connectivity index is 1.73. The molecular formula is C19H22N6O. The standard InChI is InChI=1S/C19H22N6O/c1-12(15-6-18(20)22-10-17(15)26-3)8-23-19-7-16(24-11-25-19)14-5-4-13(2)21-9-14/h4-7,9-12H,8H2,1-3H3,(H2,20,22)(H,23,24,25)/t12-/m1/s1. The van der Waals surface area contributed by atoms with Crippen LogP contribution < -0.4 is 15.8 Å². The second-order valence-corrected chi connectivity index (χ2v) is 6.11. The predicted octanol–water partition coefficient (Wildman–Crippen LogP) is 3.05. The lowest BCUT2D eigenvalue weighted by atomic mass is 10.0. The van der Waals surface area contributed by atoms with E-state index in [4.69, 9.17) is 10.5 Å². The maximum absolute atomic E-state index is 5.81. The fourth-order valence-electron chi connectivity index (χ4n) is 2.63. The van der Waals surface area contributed by atoms with Crippen molar-refractivity contribution in [2.75, 3.05) is 24.7 Å². The molecule has 0 aromatic carbocycles. The van der Waals surface area contributed by atoms with Crippen LogP contribution in [0.5, 0.6) is 5.75 Å². The van der Waals surface area contributed by atoms with Crippen LogP contribution in [-0.4, -0.2) is 33.6 Å². The van der Waals surface area contributed by atoms with Crippen molar-refractivity contribution in [1.29, 1.82) is 0 Å². The van der Waals surface area contributed by atoms with E-state index in [1.807, 2.05) is 37.4 Å². The lowest BCUT2D eigenvalue weighted by Crippen LogP contribution is -2.12. The monoisotopic (exact) mass is 350 g/mol. The Kier molecular flexibility index (Phi) is 5.26. The smallest absolute Gasteiger partial charge is 0.140 e. The minimum Gasteiger partial charge on any atom is -0.495 e. The minimum absolute atomic E-state index is 0.162. The lowest BCUT2D eigenvalue weighted by molar-refractivity contribution is 0.405. The van der Waals surface area contributed by atoms with E-state index in [-0.39, 0.29) is 5.92 Å². The average molecular weight is 350 g/mol. The molecule has 0 aliphatic carbocycles. The number of aryl methyl sites for hydroxylation is 1. The van der Waals surface area contributed by atoms with Crippen LogP contribution in [0.1, 0.15) is 24.1 Å². The van der Waals surface area contributed by atoms with Crippen molar-refractivity contribution in [2.45, 2.75) is 19.8 Å². The van der Waals surface area contributed by atoms with Crippen LogP contribution >= 0.6 is 0 Å². The summed E-state index contributed by atoms with van der Waals surface area (Å²) in [6.45, 7) is 4.72. The van der Waals surface area contributed by atoms with Gasteiger partial charge in [0, 0.05) is 41.5 Å². The molecule has 7 heteroatoms. The summed E-state index contributed by atoms with van der Waals surface area (Å²) in [5, 5.41) is 3.35. The Bertz CT molecular complexity index is 881. The normalized spacial score (nSPS) is 11.8. The molecule has 3 rings (SSSR count). The number of pyridine rings is 2. The lowest BCUT2D eigenvalue weighted by Gasteiger charge is -2.17. The maximum Gasteiger partial charge on any atom is 0.140 e. The van der Waals surface area contributed by atoms with Crippen molar-refractivity contribution in [3.8, 4) is 17.0 Å². The third-order valence-electron chi connectivity index (χ3n) is 4.13. The van der Waals surface area contributed by atoms with Crippen molar-refractivity contribution in [3.63, 3.8) is 0 Å². The third kappa shape index (κ3) is 4.05. The molecule has 0 saturated carbocycles. The molecule has 0 aliphatic heterocycles. The van der Waals surface area contributed by atoms with Gasteiger partial charge in [0.05, 0.1) is 19.0 Å². The molecule has 0 spiro atoms. The fourth-order valence-corrected chi connectivity index (χ4v) is 2.63. The van der Waals surface area contributed by atoms with Crippen LogP contribution in [0, 0.1) is 6.92 Å². The first kappa shape index (κ1) is 17.6. The molecule has 0 saturated heterocycles. The van der Waals surface area contributed by atoms with Gasteiger partial charge < -0.3 is 15.8 Å². The van der Waals surface area contributed by atoms with E-state index in [1.54, 1.807) is 19.6 Å². The van der Waals surface area contributed by atoms with Gasteiger partial charge in [0.25, 0.3) is 0 Å². The molecule has 0 fully saturated rings. The molecular weight excluding hydrogens is 328 g/mol. The second-order valence-electron chi connectivity index (χ2n) is 6.11. The van der Waals surface area contributed by atoms with Gasteiger partial charge in [0.15, 0.2) is 0 Å². The Morgan fingerprint density at radius 3 is 2.69 bits per heavy atom. The van der Waals surface area contributed by atoms with E-state index < -0.39 is 0 Å². The molecule has 134 valence electrons.